The van der Waals surface area contributed by atoms with E-state index in [0.29, 0.717) is 12.8 Å². The topological polar surface area (TPSA) is 26.3 Å². The van der Waals surface area contributed by atoms with Crippen molar-refractivity contribution in [2.75, 3.05) is 0 Å². The zero-order valence-corrected chi connectivity index (χ0v) is 10.3. The van der Waals surface area contributed by atoms with Gasteiger partial charge in [0.1, 0.15) is 5.60 Å². The van der Waals surface area contributed by atoms with Crippen molar-refractivity contribution in [3.63, 3.8) is 0 Å². The van der Waals surface area contributed by atoms with Gasteiger partial charge in [0.15, 0.2) is 0 Å². The average Bonchev–Trinajstić information content (AvgIpc) is 2.69. The maximum Gasteiger partial charge on any atom is 0.481 e. The Morgan fingerprint density at radius 3 is 2.12 bits per heavy atom. The third-order valence-electron chi connectivity index (χ3n) is 3.76. The van der Waals surface area contributed by atoms with E-state index in [0.717, 1.165) is 0 Å². The number of carbonyl (C=O) groups is 1. The molecule has 2 aliphatic rings. The molecule has 0 bridgehead atoms. The van der Waals surface area contributed by atoms with Crippen molar-refractivity contribution in [2.45, 2.75) is 51.5 Å². The second kappa shape index (κ2) is 3.42. The second-order valence-corrected chi connectivity index (χ2v) is 6.44. The Morgan fingerprint density at radius 1 is 1.24 bits per heavy atom. The van der Waals surface area contributed by atoms with Crippen LogP contribution in [0, 0.1) is 11.3 Å². The minimum Gasteiger partial charge on any atom is -0.460 e. The van der Waals surface area contributed by atoms with Gasteiger partial charge in [-0.05, 0) is 33.6 Å². The van der Waals surface area contributed by atoms with Crippen molar-refractivity contribution in [1.29, 1.82) is 0 Å². The minimum absolute atomic E-state index is 0.218. The average molecular weight is 249 g/mol. The number of rotatable bonds is 2. The van der Waals surface area contributed by atoms with Crippen LogP contribution in [0.3, 0.4) is 0 Å². The molecule has 1 spiro atoms. The molecule has 0 heterocycles. The molecule has 0 aliphatic heterocycles. The van der Waals surface area contributed by atoms with E-state index in [1.807, 2.05) is 0 Å². The molecule has 0 aromatic carbocycles. The van der Waals surface area contributed by atoms with Gasteiger partial charge >= 0.3 is 12.9 Å². The molecule has 6 heteroatoms. The van der Waals surface area contributed by atoms with Crippen molar-refractivity contribution in [2.24, 2.45) is 11.3 Å². The van der Waals surface area contributed by atoms with Crippen molar-refractivity contribution in [3.8, 4) is 0 Å². The molecule has 0 aromatic heterocycles. The van der Waals surface area contributed by atoms with Gasteiger partial charge in [-0.3, -0.25) is 4.79 Å². The molecule has 0 amide bonds. The first-order valence-corrected chi connectivity index (χ1v) is 5.96. The van der Waals surface area contributed by atoms with Crippen molar-refractivity contribution < 1.29 is 22.5 Å². The van der Waals surface area contributed by atoms with E-state index in [9.17, 15) is 17.7 Å². The number of halogens is 3. The van der Waals surface area contributed by atoms with Gasteiger partial charge in [-0.2, -0.15) is 0 Å². The molecule has 2 aliphatic carbocycles. The molecule has 2 rings (SSSR count). The first kappa shape index (κ1) is 12.8. The molecule has 1 atom stereocenters. The number of esters is 1. The Hall–Kier alpha value is -0.675. The second-order valence-electron chi connectivity index (χ2n) is 6.44. The Bertz CT molecular complexity index is 340. The van der Waals surface area contributed by atoms with Gasteiger partial charge in [0.25, 0.3) is 0 Å². The van der Waals surface area contributed by atoms with Crippen LogP contribution in [0.2, 0.25) is 5.82 Å². The Kier molecular flexibility index (Phi) is 2.57. The number of hydrogen-bond acceptors (Lipinski definition) is 2. The minimum atomic E-state index is -4.73. The summed E-state index contributed by atoms with van der Waals surface area (Å²) in [5, 5.41) is 0. The molecule has 2 nitrogen and oxygen atoms in total. The molecule has 0 N–H and O–H groups in total. The first-order chi connectivity index (χ1) is 7.54. The van der Waals surface area contributed by atoms with Crippen LogP contribution < -0.4 is 0 Å². The normalized spacial score (nSPS) is 36.6. The number of hydrogen-bond donors (Lipinski definition) is 0. The lowest BCUT2D eigenvalue weighted by molar-refractivity contribution is -0.165. The molecule has 17 heavy (non-hydrogen) atoms. The van der Waals surface area contributed by atoms with E-state index >= 15 is 0 Å². The Balaban J connectivity index is 1.83. The summed E-state index contributed by atoms with van der Waals surface area (Å²) in [6.07, 6.45) is 0.928. The maximum atomic E-state index is 12.5. The monoisotopic (exact) mass is 249 g/mol. The van der Waals surface area contributed by atoms with Crippen LogP contribution >= 0.6 is 0 Å². The molecule has 98 valence electrons. The van der Waals surface area contributed by atoms with Gasteiger partial charge in [-0.1, -0.05) is 17.7 Å². The zero-order valence-electron chi connectivity index (χ0n) is 10.3. The lowest BCUT2D eigenvalue weighted by Crippen LogP contribution is -2.39. The Labute approximate surface area is 99.0 Å². The van der Waals surface area contributed by atoms with E-state index in [1.54, 1.807) is 20.8 Å². The summed E-state index contributed by atoms with van der Waals surface area (Å²) < 4.78 is 42.7. The lowest BCUT2D eigenvalue weighted by Gasteiger charge is -2.38. The summed E-state index contributed by atoms with van der Waals surface area (Å²) in [6.45, 7) is 0.561. The van der Waals surface area contributed by atoms with E-state index in [4.69, 9.17) is 4.74 Å². The molecule has 0 saturated heterocycles. The van der Waals surface area contributed by atoms with E-state index in [1.165, 1.54) is 0 Å². The summed E-state index contributed by atoms with van der Waals surface area (Å²) in [5.41, 5.74) is -1.16. The fourth-order valence-electron chi connectivity index (χ4n) is 2.86. The fourth-order valence-corrected chi connectivity index (χ4v) is 2.86. The maximum absolute atomic E-state index is 12.5. The van der Waals surface area contributed by atoms with Gasteiger partial charge in [0.2, 0.25) is 0 Å². The standard InChI is InChI=1S/C11H17BF3O2/c1-10(2,3)17-9(16)7-4-11(5-7)6-8(11)12(13,14)15/h7-8H,4-6H2,1-3H3/q-1. The van der Waals surface area contributed by atoms with Gasteiger partial charge < -0.3 is 17.7 Å². The number of ether oxygens (including phenoxy) is 1. The van der Waals surface area contributed by atoms with Crippen LogP contribution in [0.5, 0.6) is 0 Å². The van der Waals surface area contributed by atoms with Crippen LogP contribution in [0.4, 0.5) is 12.9 Å². The summed E-state index contributed by atoms with van der Waals surface area (Å²) in [7, 11) is 0. The third-order valence-corrected chi connectivity index (χ3v) is 3.76. The molecule has 2 saturated carbocycles. The predicted molar refractivity (Wildman–Crippen MR) is 58.4 cm³/mol. The molecular weight excluding hydrogens is 232 g/mol. The highest BCUT2D eigenvalue weighted by atomic mass is 19.4. The van der Waals surface area contributed by atoms with Gasteiger partial charge in [0, 0.05) is 0 Å². The van der Waals surface area contributed by atoms with Crippen LogP contribution in [0.25, 0.3) is 0 Å². The van der Waals surface area contributed by atoms with Crippen LogP contribution in [-0.4, -0.2) is 18.5 Å². The molecule has 0 aromatic rings. The summed E-state index contributed by atoms with van der Waals surface area (Å²) in [4.78, 5) is 11.6. The highest BCUT2D eigenvalue weighted by Gasteiger charge is 2.68. The van der Waals surface area contributed by atoms with Gasteiger partial charge in [-0.25, -0.2) is 0 Å². The Morgan fingerprint density at radius 2 is 1.76 bits per heavy atom. The van der Waals surface area contributed by atoms with Crippen molar-refractivity contribution in [1.82, 2.24) is 0 Å². The molecular formula is C11H17BF3O2-. The fraction of sp³-hybridized carbons (Fsp3) is 0.909. The third kappa shape index (κ3) is 2.45. The van der Waals surface area contributed by atoms with Crippen molar-refractivity contribution in [3.05, 3.63) is 0 Å². The summed E-state index contributed by atoms with van der Waals surface area (Å²) >= 11 is 0. The van der Waals surface area contributed by atoms with Gasteiger partial charge in [0.05, 0.1) is 5.92 Å². The molecule has 0 radical (unpaired) electrons. The highest BCUT2D eigenvalue weighted by Crippen LogP contribution is 2.75. The van der Waals surface area contributed by atoms with E-state index < -0.39 is 23.8 Å². The summed E-state index contributed by atoms with van der Waals surface area (Å²) in [5.74, 6) is -1.79. The lowest BCUT2D eigenvalue weighted by atomic mass is 9.64. The largest absolute Gasteiger partial charge is 0.481 e. The highest BCUT2D eigenvalue weighted by molar-refractivity contribution is 6.61. The van der Waals surface area contributed by atoms with Crippen LogP contribution in [0.15, 0.2) is 0 Å². The van der Waals surface area contributed by atoms with Crippen LogP contribution in [0.1, 0.15) is 40.0 Å². The zero-order chi connectivity index (χ0) is 13.1. The first-order valence-electron chi connectivity index (χ1n) is 5.96. The van der Waals surface area contributed by atoms with Crippen molar-refractivity contribution >= 4 is 12.9 Å². The van der Waals surface area contributed by atoms with E-state index in [2.05, 4.69) is 0 Å². The summed E-state index contributed by atoms with van der Waals surface area (Å²) in [6, 6.07) is 0. The van der Waals surface area contributed by atoms with Gasteiger partial charge in [-0.15, -0.1) is 0 Å². The molecule has 2 fully saturated rings. The SMILES string of the molecule is CC(C)(C)OC(=O)C1CC2(C1)CC2[B-](F)(F)F. The predicted octanol–water partition coefficient (Wildman–Crippen LogP) is 3.35. The quantitative estimate of drug-likeness (QED) is 0.554. The van der Waals surface area contributed by atoms with Crippen LogP contribution in [-0.2, 0) is 9.53 Å². The smallest absolute Gasteiger partial charge is 0.460 e. The molecule has 1 unspecified atom stereocenters. The number of carbonyl (C=O) groups excluding carboxylic acids is 1. The van der Waals surface area contributed by atoms with E-state index in [-0.39, 0.29) is 18.3 Å².